The molecule has 2 amide bonds. The summed E-state index contributed by atoms with van der Waals surface area (Å²) in [5.74, 6) is -0.507. The van der Waals surface area contributed by atoms with Crippen molar-refractivity contribution in [3.05, 3.63) is 18.0 Å². The highest BCUT2D eigenvalue weighted by Crippen LogP contribution is 2.26. The van der Waals surface area contributed by atoms with Crippen LogP contribution in [-0.4, -0.2) is 80.9 Å². The summed E-state index contributed by atoms with van der Waals surface area (Å²) < 4.78 is 26.5. The predicted molar refractivity (Wildman–Crippen MR) is 101 cm³/mol. The number of nitrogens with zero attached hydrogens (tertiary/aromatic N) is 4. The van der Waals surface area contributed by atoms with Crippen LogP contribution in [0.4, 0.5) is 8.78 Å². The molecule has 2 N–H and O–H groups in total. The quantitative estimate of drug-likeness (QED) is 0.758. The second kappa shape index (κ2) is 9.17. The Morgan fingerprint density at radius 2 is 2.00 bits per heavy atom. The molecule has 0 spiro atoms. The van der Waals surface area contributed by atoms with E-state index in [0.29, 0.717) is 43.6 Å². The van der Waals surface area contributed by atoms with Crippen LogP contribution >= 0.6 is 0 Å². The number of hydrogen-bond donors (Lipinski definition) is 2. The molecule has 0 unspecified atom stereocenters. The second-order valence-electron chi connectivity index (χ2n) is 8.06. The van der Waals surface area contributed by atoms with Gasteiger partial charge in [0.05, 0.1) is 5.60 Å². The number of carbonyl (C=O) groups is 2. The van der Waals surface area contributed by atoms with Crippen LogP contribution in [0.1, 0.15) is 56.1 Å². The number of likely N-dealkylation sites (tertiary alicyclic amines) is 2. The molecule has 2 saturated heterocycles. The molecule has 0 radical (unpaired) electrons. The van der Waals surface area contributed by atoms with Gasteiger partial charge >= 0.3 is 6.55 Å². The van der Waals surface area contributed by atoms with Gasteiger partial charge in [-0.15, -0.1) is 0 Å². The van der Waals surface area contributed by atoms with Gasteiger partial charge in [0, 0.05) is 51.9 Å². The van der Waals surface area contributed by atoms with Crippen LogP contribution in [0.15, 0.2) is 12.3 Å². The van der Waals surface area contributed by atoms with Crippen LogP contribution in [0, 0.1) is 0 Å². The van der Waals surface area contributed by atoms with Crippen LogP contribution in [0.5, 0.6) is 0 Å². The van der Waals surface area contributed by atoms with Crippen molar-refractivity contribution in [1.29, 1.82) is 0 Å². The van der Waals surface area contributed by atoms with E-state index in [1.807, 2.05) is 0 Å². The monoisotopic (exact) mass is 413 g/mol. The average Bonchev–Trinajstić information content (AvgIpc) is 3.07. The lowest BCUT2D eigenvalue weighted by atomic mass is 9.93. The third-order valence-corrected chi connectivity index (χ3v) is 5.79. The molecule has 3 heterocycles. The Hall–Kier alpha value is -2.07. The summed E-state index contributed by atoms with van der Waals surface area (Å²) in [6.07, 6.45) is 4.44. The number of piperidine rings is 1. The molecule has 2 aliphatic heterocycles. The largest absolute Gasteiger partial charge is 0.388 e. The normalized spacial score (nSPS) is 24.5. The lowest BCUT2D eigenvalue weighted by Crippen LogP contribution is -2.50. The van der Waals surface area contributed by atoms with Gasteiger partial charge in [-0.05, 0) is 38.2 Å². The number of aliphatic hydroxyl groups is 1. The van der Waals surface area contributed by atoms with Crippen LogP contribution in [-0.2, 0) is 4.79 Å². The van der Waals surface area contributed by atoms with E-state index >= 15 is 0 Å². The molecular weight excluding hydrogens is 384 g/mol. The van der Waals surface area contributed by atoms with Crippen molar-refractivity contribution in [3.8, 4) is 0 Å². The van der Waals surface area contributed by atoms with Crippen molar-refractivity contribution in [2.45, 2.75) is 57.2 Å². The molecule has 8 nitrogen and oxygen atoms in total. The Balaban J connectivity index is 1.54. The maximum Gasteiger partial charge on any atom is 0.333 e. The third-order valence-electron chi connectivity index (χ3n) is 5.79. The molecule has 162 valence electrons. The molecule has 0 aliphatic carbocycles. The Labute approximate surface area is 168 Å². The Morgan fingerprint density at radius 1 is 1.28 bits per heavy atom. The number of hydrogen-bond acceptors (Lipinski definition) is 5. The van der Waals surface area contributed by atoms with E-state index in [1.165, 1.54) is 24.1 Å². The summed E-state index contributed by atoms with van der Waals surface area (Å²) in [6, 6.07) is 1.48. The molecule has 0 bridgehead atoms. The fourth-order valence-corrected chi connectivity index (χ4v) is 4.28. The highest BCUT2D eigenvalue weighted by atomic mass is 19.3. The van der Waals surface area contributed by atoms with E-state index < -0.39 is 18.1 Å². The number of aromatic nitrogens is 2. The minimum absolute atomic E-state index is 0.0243. The average molecular weight is 413 g/mol. The first kappa shape index (κ1) is 21.6. The predicted octanol–water partition coefficient (Wildman–Crippen LogP) is 1.24. The van der Waals surface area contributed by atoms with Gasteiger partial charge in [-0.3, -0.25) is 9.59 Å². The first-order valence-corrected chi connectivity index (χ1v) is 10.1. The van der Waals surface area contributed by atoms with Crippen molar-refractivity contribution < 1.29 is 23.5 Å². The number of alkyl halides is 2. The molecule has 1 aromatic heterocycles. The minimum Gasteiger partial charge on any atom is -0.388 e. The zero-order valence-electron chi connectivity index (χ0n) is 16.7. The van der Waals surface area contributed by atoms with Crippen molar-refractivity contribution in [3.63, 3.8) is 0 Å². The van der Waals surface area contributed by atoms with E-state index in [4.69, 9.17) is 0 Å². The highest BCUT2D eigenvalue weighted by Gasteiger charge is 2.35. The molecule has 3 rings (SSSR count). The summed E-state index contributed by atoms with van der Waals surface area (Å²) in [7, 11) is 0. The lowest BCUT2D eigenvalue weighted by molar-refractivity contribution is -0.120. The first-order valence-electron chi connectivity index (χ1n) is 10.1. The van der Waals surface area contributed by atoms with E-state index in [2.05, 4.69) is 15.3 Å². The molecule has 2 fully saturated rings. The van der Waals surface area contributed by atoms with E-state index in [9.17, 15) is 23.5 Å². The van der Waals surface area contributed by atoms with Crippen molar-refractivity contribution >= 4 is 11.8 Å². The van der Waals surface area contributed by atoms with Gasteiger partial charge in [0.15, 0.2) is 0 Å². The van der Waals surface area contributed by atoms with Crippen LogP contribution in [0.3, 0.4) is 0 Å². The van der Waals surface area contributed by atoms with Gasteiger partial charge in [0.1, 0.15) is 5.69 Å². The topological polar surface area (TPSA) is 90.7 Å². The number of halogens is 2. The fraction of sp³-hybridized carbons (Fsp3) is 0.737. The van der Waals surface area contributed by atoms with E-state index in [-0.39, 0.29) is 17.6 Å². The lowest BCUT2D eigenvalue weighted by Gasteiger charge is -2.38. The van der Waals surface area contributed by atoms with E-state index in [0.717, 1.165) is 25.9 Å². The van der Waals surface area contributed by atoms with Gasteiger partial charge in [-0.2, -0.15) is 18.6 Å². The number of rotatable bonds is 5. The Kier molecular flexibility index (Phi) is 6.84. The Bertz CT molecular complexity index is 720. The van der Waals surface area contributed by atoms with Crippen LogP contribution in [0.25, 0.3) is 0 Å². The second-order valence-corrected chi connectivity index (χ2v) is 8.06. The van der Waals surface area contributed by atoms with E-state index in [1.54, 1.807) is 0 Å². The molecule has 10 heteroatoms. The van der Waals surface area contributed by atoms with Crippen molar-refractivity contribution in [2.75, 3.05) is 32.7 Å². The number of carbonyl (C=O) groups excluding carboxylic acids is 2. The van der Waals surface area contributed by atoms with Gasteiger partial charge in [0.2, 0.25) is 5.91 Å². The SMILES string of the molecule is CC(=O)NC1CCN(C[C@@]2(O)CCCN(C(=O)c3ccnn3C(F)F)CC2)CC1. The Morgan fingerprint density at radius 3 is 2.66 bits per heavy atom. The molecular formula is C19H29F2N5O3. The fourth-order valence-electron chi connectivity index (χ4n) is 4.28. The molecule has 1 aromatic rings. The number of amides is 2. The van der Waals surface area contributed by atoms with Crippen molar-refractivity contribution in [1.82, 2.24) is 24.9 Å². The molecule has 0 aromatic carbocycles. The maximum atomic E-state index is 13.0. The molecule has 29 heavy (non-hydrogen) atoms. The van der Waals surface area contributed by atoms with Gasteiger partial charge in [-0.25, -0.2) is 0 Å². The zero-order valence-corrected chi connectivity index (χ0v) is 16.7. The number of nitrogens with one attached hydrogen (secondary N) is 1. The minimum atomic E-state index is -2.87. The zero-order chi connectivity index (χ0) is 21.0. The van der Waals surface area contributed by atoms with Crippen LogP contribution in [0.2, 0.25) is 0 Å². The smallest absolute Gasteiger partial charge is 0.333 e. The standard InChI is InChI=1S/C19H29F2N5O3/c1-14(27)23-15-4-10-24(11-5-15)13-19(29)6-2-9-25(12-7-19)17(28)16-3-8-22-26(16)18(20)21/h3,8,15,18,29H,2,4-7,9-13H2,1H3,(H,23,27)/t19-/m1/s1. The maximum absolute atomic E-state index is 13.0. The highest BCUT2D eigenvalue weighted by molar-refractivity contribution is 5.92. The van der Waals surface area contributed by atoms with Gasteiger partial charge in [0.25, 0.3) is 5.91 Å². The van der Waals surface area contributed by atoms with Gasteiger partial charge < -0.3 is 20.2 Å². The third kappa shape index (κ3) is 5.51. The molecule has 1 atom stereocenters. The summed E-state index contributed by atoms with van der Waals surface area (Å²) in [5, 5.41) is 17.6. The first-order chi connectivity index (χ1) is 13.8. The van der Waals surface area contributed by atoms with Crippen molar-refractivity contribution in [2.24, 2.45) is 0 Å². The molecule has 2 aliphatic rings. The van der Waals surface area contributed by atoms with Crippen LogP contribution < -0.4 is 5.32 Å². The summed E-state index contributed by atoms with van der Waals surface area (Å²) in [4.78, 5) is 27.6. The summed E-state index contributed by atoms with van der Waals surface area (Å²) in [6.45, 7) is 1.48. The molecule has 0 saturated carbocycles. The summed E-state index contributed by atoms with van der Waals surface area (Å²) >= 11 is 0. The summed E-state index contributed by atoms with van der Waals surface area (Å²) in [5.41, 5.74) is -1.05. The van der Waals surface area contributed by atoms with Gasteiger partial charge in [-0.1, -0.05) is 0 Å². The number of β-amino-alcohol motifs (C(OH)–C–C–N with tert-alkyl or cyclic N) is 1.